The van der Waals surface area contributed by atoms with Crippen molar-refractivity contribution < 1.29 is 14.3 Å². The number of nitrogens with one attached hydrogen (secondary N) is 2. The number of carbonyl (C=O) groups excluding carboxylic acids is 2. The maximum Gasteiger partial charge on any atom is 0.255 e. The van der Waals surface area contributed by atoms with Gasteiger partial charge in [0, 0.05) is 46.1 Å². The van der Waals surface area contributed by atoms with Crippen LogP contribution in [0.4, 0.5) is 5.82 Å². The van der Waals surface area contributed by atoms with E-state index < -0.39 is 5.92 Å². The molecule has 0 spiro atoms. The first-order valence-corrected chi connectivity index (χ1v) is 12.6. The number of anilines is 1. The van der Waals surface area contributed by atoms with Crippen molar-refractivity contribution in [1.82, 2.24) is 10.3 Å². The molecule has 1 aliphatic heterocycles. The van der Waals surface area contributed by atoms with Crippen molar-refractivity contribution in [3.8, 4) is 5.75 Å². The molecule has 5 rings (SSSR count). The fourth-order valence-electron chi connectivity index (χ4n) is 5.23. The highest BCUT2D eigenvalue weighted by Crippen LogP contribution is 2.46. The predicted molar refractivity (Wildman–Crippen MR) is 145 cm³/mol. The monoisotopic (exact) mass is 513 g/mol. The third-order valence-corrected chi connectivity index (χ3v) is 7.27. The molecule has 0 saturated heterocycles. The van der Waals surface area contributed by atoms with Crippen LogP contribution in [0.25, 0.3) is 0 Å². The number of benzene rings is 2. The van der Waals surface area contributed by atoms with Gasteiger partial charge in [-0.3, -0.25) is 9.59 Å². The van der Waals surface area contributed by atoms with E-state index in [0.717, 1.165) is 28.1 Å². The molecule has 0 radical (unpaired) electrons. The first-order chi connectivity index (χ1) is 17.8. The van der Waals surface area contributed by atoms with Crippen LogP contribution in [0, 0.1) is 6.92 Å². The fraction of sp³-hybridized carbons (Fsp3) is 0.233. The molecule has 0 fully saturated rings. The molecule has 2 atom stereocenters. The van der Waals surface area contributed by atoms with Crippen molar-refractivity contribution in [2.45, 2.75) is 38.5 Å². The zero-order chi connectivity index (χ0) is 26.1. The van der Waals surface area contributed by atoms with Crippen LogP contribution in [-0.4, -0.2) is 23.8 Å². The Balaban J connectivity index is 1.53. The van der Waals surface area contributed by atoms with E-state index in [-0.39, 0.29) is 17.6 Å². The summed E-state index contributed by atoms with van der Waals surface area (Å²) in [6, 6.07) is 18.9. The normalized spacial score (nSPS) is 19.3. The lowest BCUT2D eigenvalue weighted by atomic mass is 9.71. The number of methoxy groups -OCH3 is 1. The Hall–Kier alpha value is -3.90. The van der Waals surface area contributed by atoms with Crippen molar-refractivity contribution in [2.75, 3.05) is 12.4 Å². The van der Waals surface area contributed by atoms with Gasteiger partial charge in [0.05, 0.1) is 7.11 Å². The van der Waals surface area contributed by atoms with Crippen LogP contribution < -0.4 is 15.4 Å². The average Bonchev–Trinajstić information content (AvgIpc) is 2.88. The van der Waals surface area contributed by atoms with Crippen LogP contribution >= 0.6 is 11.6 Å². The number of halogens is 1. The Morgan fingerprint density at radius 1 is 1.03 bits per heavy atom. The molecule has 7 heteroatoms. The molecule has 2 aromatic carbocycles. The second-order valence-corrected chi connectivity index (χ2v) is 9.95. The number of Topliss-reactive ketones (excluding diaryl/α,β-unsaturated/α-hetero) is 1. The number of carbonyl (C=O) groups is 2. The zero-order valence-corrected chi connectivity index (χ0v) is 21.7. The lowest BCUT2D eigenvalue weighted by Gasteiger charge is -2.37. The first-order valence-electron chi connectivity index (χ1n) is 12.2. The van der Waals surface area contributed by atoms with E-state index in [9.17, 15) is 9.59 Å². The summed E-state index contributed by atoms with van der Waals surface area (Å²) in [4.78, 5) is 31.7. The molecule has 0 saturated carbocycles. The minimum Gasteiger partial charge on any atom is -0.497 e. The molecule has 0 bridgehead atoms. The summed E-state index contributed by atoms with van der Waals surface area (Å²) in [5, 5.41) is 6.94. The van der Waals surface area contributed by atoms with Gasteiger partial charge in [-0.1, -0.05) is 35.9 Å². The van der Waals surface area contributed by atoms with Gasteiger partial charge in [-0.15, -0.1) is 0 Å². The number of dihydropyridines is 1. The van der Waals surface area contributed by atoms with Crippen LogP contribution in [0.1, 0.15) is 48.3 Å². The van der Waals surface area contributed by atoms with Gasteiger partial charge in [0.1, 0.15) is 11.6 Å². The van der Waals surface area contributed by atoms with Gasteiger partial charge < -0.3 is 15.4 Å². The number of aromatic nitrogens is 1. The van der Waals surface area contributed by atoms with Crippen molar-refractivity contribution in [1.29, 1.82) is 0 Å². The minimum atomic E-state index is -0.511. The summed E-state index contributed by atoms with van der Waals surface area (Å²) in [5.41, 5.74) is 5.63. The summed E-state index contributed by atoms with van der Waals surface area (Å²) in [6.45, 7) is 3.82. The van der Waals surface area contributed by atoms with Gasteiger partial charge >= 0.3 is 0 Å². The predicted octanol–water partition coefficient (Wildman–Crippen LogP) is 6.05. The van der Waals surface area contributed by atoms with E-state index in [0.29, 0.717) is 40.5 Å². The lowest BCUT2D eigenvalue weighted by Crippen LogP contribution is -2.37. The van der Waals surface area contributed by atoms with Crippen molar-refractivity contribution in [2.24, 2.45) is 0 Å². The smallest absolute Gasteiger partial charge is 0.255 e. The van der Waals surface area contributed by atoms with Gasteiger partial charge in [-0.2, -0.15) is 0 Å². The van der Waals surface area contributed by atoms with Crippen LogP contribution in [0.2, 0.25) is 5.02 Å². The minimum absolute atomic E-state index is 0.0287. The number of amides is 1. The fourth-order valence-corrected chi connectivity index (χ4v) is 5.35. The molecule has 1 amide bonds. The molecule has 188 valence electrons. The molecule has 1 aromatic heterocycles. The summed E-state index contributed by atoms with van der Waals surface area (Å²) in [5.74, 6) is 0.509. The van der Waals surface area contributed by atoms with E-state index in [4.69, 9.17) is 16.3 Å². The summed E-state index contributed by atoms with van der Waals surface area (Å²) in [7, 11) is 1.64. The van der Waals surface area contributed by atoms with Crippen LogP contribution in [0.15, 0.2) is 89.4 Å². The highest BCUT2D eigenvalue weighted by molar-refractivity contribution is 6.30. The van der Waals surface area contributed by atoms with Crippen LogP contribution in [0.3, 0.4) is 0 Å². The summed E-state index contributed by atoms with van der Waals surface area (Å²) < 4.78 is 5.29. The number of aryl methyl sites for hydroxylation is 1. The molecular formula is C30H28ClN3O3. The topological polar surface area (TPSA) is 80.3 Å². The van der Waals surface area contributed by atoms with Gasteiger partial charge in [-0.25, -0.2) is 4.98 Å². The van der Waals surface area contributed by atoms with Crippen molar-refractivity contribution >= 4 is 29.1 Å². The molecular weight excluding hydrogens is 486 g/mol. The summed E-state index contributed by atoms with van der Waals surface area (Å²) >= 11 is 6.18. The molecule has 3 aromatic rings. The Morgan fingerprint density at radius 2 is 1.73 bits per heavy atom. The third kappa shape index (κ3) is 5.02. The maximum atomic E-state index is 13.7. The number of hydrogen-bond donors (Lipinski definition) is 2. The van der Waals surface area contributed by atoms with Gasteiger partial charge in [0.2, 0.25) is 0 Å². The second kappa shape index (κ2) is 10.2. The molecule has 2 unspecified atom stereocenters. The lowest BCUT2D eigenvalue weighted by molar-refractivity contribution is -0.116. The highest BCUT2D eigenvalue weighted by atomic mass is 35.5. The third-order valence-electron chi connectivity index (χ3n) is 7.02. The molecule has 2 N–H and O–H groups in total. The number of ketones is 1. The Bertz CT molecular complexity index is 1430. The van der Waals surface area contributed by atoms with Crippen LogP contribution in [0.5, 0.6) is 5.75 Å². The van der Waals surface area contributed by atoms with Gasteiger partial charge in [0.25, 0.3) is 5.91 Å². The molecule has 2 heterocycles. The second-order valence-electron chi connectivity index (χ2n) is 9.51. The van der Waals surface area contributed by atoms with Crippen molar-refractivity contribution in [3.05, 3.63) is 111 Å². The van der Waals surface area contributed by atoms with Crippen molar-refractivity contribution in [3.63, 3.8) is 0 Å². The Kier molecular flexibility index (Phi) is 6.85. The van der Waals surface area contributed by atoms with E-state index in [2.05, 4.69) is 15.6 Å². The number of hydrogen-bond acceptors (Lipinski definition) is 5. The largest absolute Gasteiger partial charge is 0.497 e. The number of allylic oxidation sites excluding steroid dienone is 3. The molecule has 2 aliphatic rings. The highest BCUT2D eigenvalue weighted by Gasteiger charge is 2.41. The quantitative estimate of drug-likeness (QED) is 0.434. The van der Waals surface area contributed by atoms with E-state index in [1.54, 1.807) is 25.4 Å². The Labute approximate surface area is 221 Å². The maximum absolute atomic E-state index is 13.7. The standard InChI is InChI=1S/C30H28ClN3O3/c1-17-12-13-32-26(14-17)34-30(36)27-18(2)33-24-15-21(19-6-10-23(37-3)11-7-19)16-25(35)29(24)28(27)20-4-8-22(31)9-5-20/h4-14,21,28,33H,15-16H2,1-3H3,(H,32,34,36). The number of pyridine rings is 1. The SMILES string of the molecule is COc1ccc(C2CC(=O)C3=C(C2)NC(C)=C(C(=O)Nc2cc(C)ccn2)C3c2ccc(Cl)cc2)cc1. The molecule has 1 aliphatic carbocycles. The summed E-state index contributed by atoms with van der Waals surface area (Å²) in [6.07, 6.45) is 2.69. The number of ether oxygens (including phenoxy) is 1. The first kappa shape index (κ1) is 24.8. The van der Waals surface area contributed by atoms with Gasteiger partial charge in [0.15, 0.2) is 5.78 Å². The molecule has 6 nitrogen and oxygen atoms in total. The van der Waals surface area contributed by atoms with E-state index >= 15 is 0 Å². The van der Waals surface area contributed by atoms with E-state index in [1.165, 1.54) is 0 Å². The zero-order valence-electron chi connectivity index (χ0n) is 21.0. The molecule has 37 heavy (non-hydrogen) atoms. The number of rotatable bonds is 5. The van der Waals surface area contributed by atoms with E-state index in [1.807, 2.05) is 62.4 Å². The van der Waals surface area contributed by atoms with Crippen LogP contribution in [-0.2, 0) is 9.59 Å². The average molecular weight is 514 g/mol. The van der Waals surface area contributed by atoms with Gasteiger partial charge in [-0.05, 0) is 79.3 Å². The Morgan fingerprint density at radius 3 is 2.41 bits per heavy atom. The number of nitrogens with zero attached hydrogens (tertiary/aromatic N) is 1.